The van der Waals surface area contributed by atoms with Crippen LogP contribution in [0, 0.1) is 5.41 Å². The highest BCUT2D eigenvalue weighted by molar-refractivity contribution is 9.21. The highest BCUT2D eigenvalue weighted by Crippen LogP contribution is 2.31. The lowest BCUT2D eigenvalue weighted by Crippen LogP contribution is -2.13. The molecule has 0 amide bonds. The lowest BCUT2D eigenvalue weighted by molar-refractivity contribution is 0.415. The Hall–Kier alpha value is -0.160. The minimum absolute atomic E-state index is 0.0271. The van der Waals surface area contributed by atoms with Gasteiger partial charge in [-0.3, -0.25) is 0 Å². The van der Waals surface area contributed by atoms with Crippen LogP contribution in [0.15, 0.2) is 16.1 Å². The topological polar surface area (TPSA) is 46.5 Å². The molecule has 0 bridgehead atoms. The summed E-state index contributed by atoms with van der Waals surface area (Å²) in [7, 11) is -3.27. The van der Waals surface area contributed by atoms with Gasteiger partial charge < -0.3 is 0 Å². The second kappa shape index (κ2) is 3.20. The third kappa shape index (κ3) is 2.40. The summed E-state index contributed by atoms with van der Waals surface area (Å²) < 4.78 is 23.1. The Morgan fingerprint density at radius 3 is 2.31 bits per heavy atom. The summed E-state index contributed by atoms with van der Waals surface area (Å²) in [5.74, 6) is 0. The third-order valence-electron chi connectivity index (χ3n) is 1.58. The van der Waals surface area contributed by atoms with Crippen LogP contribution < -0.4 is 0 Å². The first-order chi connectivity index (χ1) is 5.73. The standard InChI is InChI=1S/C8H12BrNO2S/c1-8(2,3)4-6-5-10-7(9)13(6,11)12/h5H,4H2,1-3H3. The second-order valence-electron chi connectivity index (χ2n) is 4.22. The SMILES string of the molecule is CC(C)(C)CC1=CN=C(Br)S1(=O)=O. The van der Waals surface area contributed by atoms with Crippen molar-refractivity contribution >= 4 is 29.7 Å². The number of nitrogens with zero attached hydrogens (tertiary/aromatic N) is 1. The normalized spacial score (nSPS) is 21.2. The number of halogens is 1. The molecule has 74 valence electrons. The van der Waals surface area contributed by atoms with Gasteiger partial charge in [0.15, 0.2) is 0 Å². The molecule has 0 saturated carbocycles. The van der Waals surface area contributed by atoms with Crippen molar-refractivity contribution in [2.45, 2.75) is 27.2 Å². The van der Waals surface area contributed by atoms with E-state index >= 15 is 0 Å². The van der Waals surface area contributed by atoms with E-state index in [2.05, 4.69) is 20.9 Å². The summed E-state index contributed by atoms with van der Waals surface area (Å²) >= 11 is 2.92. The number of allylic oxidation sites excluding steroid dienone is 1. The summed E-state index contributed by atoms with van der Waals surface area (Å²) in [6.45, 7) is 5.99. The second-order valence-corrected chi connectivity index (χ2v) is 7.41. The molecule has 1 aliphatic rings. The van der Waals surface area contributed by atoms with Crippen LogP contribution in [0.25, 0.3) is 0 Å². The number of hydrogen-bond acceptors (Lipinski definition) is 3. The Morgan fingerprint density at radius 1 is 1.46 bits per heavy atom. The zero-order valence-electron chi connectivity index (χ0n) is 7.83. The van der Waals surface area contributed by atoms with Crippen LogP contribution in [0.1, 0.15) is 27.2 Å². The van der Waals surface area contributed by atoms with Gasteiger partial charge >= 0.3 is 0 Å². The van der Waals surface area contributed by atoms with Crippen molar-refractivity contribution in [2.75, 3.05) is 0 Å². The molecule has 1 heterocycles. The van der Waals surface area contributed by atoms with Crippen LogP contribution in [-0.4, -0.2) is 12.4 Å². The van der Waals surface area contributed by atoms with Crippen LogP contribution in [0.5, 0.6) is 0 Å². The van der Waals surface area contributed by atoms with Gasteiger partial charge in [0.05, 0.1) is 4.91 Å². The fourth-order valence-corrected chi connectivity index (χ4v) is 2.98. The lowest BCUT2D eigenvalue weighted by Gasteiger charge is -2.17. The smallest absolute Gasteiger partial charge is 0.228 e. The lowest BCUT2D eigenvalue weighted by atomic mass is 9.92. The summed E-state index contributed by atoms with van der Waals surface area (Å²) in [4.78, 5) is 4.13. The Kier molecular flexibility index (Phi) is 2.69. The van der Waals surface area contributed by atoms with E-state index in [1.165, 1.54) is 6.20 Å². The van der Waals surface area contributed by atoms with Crippen LogP contribution in [0.2, 0.25) is 0 Å². The average Bonchev–Trinajstić information content (AvgIpc) is 2.13. The molecule has 0 aromatic carbocycles. The molecule has 0 aliphatic carbocycles. The fraction of sp³-hybridized carbons (Fsp3) is 0.625. The van der Waals surface area contributed by atoms with Crippen molar-refractivity contribution in [3.8, 4) is 0 Å². The van der Waals surface area contributed by atoms with Crippen LogP contribution in [0.3, 0.4) is 0 Å². The van der Waals surface area contributed by atoms with E-state index in [-0.39, 0.29) is 9.37 Å². The minimum Gasteiger partial charge on any atom is -0.236 e. The van der Waals surface area contributed by atoms with Crippen molar-refractivity contribution in [1.82, 2.24) is 0 Å². The molecule has 0 saturated heterocycles. The van der Waals surface area contributed by atoms with E-state index in [1.54, 1.807) is 0 Å². The Bertz CT molecular complexity index is 373. The largest absolute Gasteiger partial charge is 0.236 e. The predicted octanol–water partition coefficient (Wildman–Crippen LogP) is 2.44. The number of hydrogen-bond donors (Lipinski definition) is 0. The van der Waals surface area contributed by atoms with Gasteiger partial charge in [0.2, 0.25) is 13.8 Å². The van der Waals surface area contributed by atoms with Gasteiger partial charge in [-0.15, -0.1) is 0 Å². The molecule has 1 aliphatic heterocycles. The predicted molar refractivity (Wildman–Crippen MR) is 57.4 cm³/mol. The molecular weight excluding hydrogens is 254 g/mol. The number of rotatable bonds is 1. The van der Waals surface area contributed by atoms with Gasteiger partial charge in [-0.2, -0.15) is 0 Å². The highest BCUT2D eigenvalue weighted by Gasteiger charge is 2.30. The molecule has 0 N–H and O–H groups in total. The van der Waals surface area contributed by atoms with Crippen molar-refractivity contribution in [3.05, 3.63) is 11.1 Å². The summed E-state index contributed by atoms with van der Waals surface area (Å²) in [6.07, 6.45) is 1.94. The maximum atomic E-state index is 11.5. The van der Waals surface area contributed by atoms with Gasteiger partial charge in [-0.1, -0.05) is 20.8 Å². The molecule has 3 nitrogen and oxygen atoms in total. The van der Waals surface area contributed by atoms with Gasteiger partial charge in [-0.05, 0) is 27.8 Å². The van der Waals surface area contributed by atoms with Crippen LogP contribution >= 0.6 is 15.9 Å². The molecule has 0 aromatic rings. The van der Waals surface area contributed by atoms with Gasteiger partial charge in [0.1, 0.15) is 0 Å². The maximum Gasteiger partial charge on any atom is 0.228 e. The summed E-state index contributed by atoms with van der Waals surface area (Å²) in [5, 5.41) is 0. The highest BCUT2D eigenvalue weighted by atomic mass is 79.9. The van der Waals surface area contributed by atoms with E-state index in [4.69, 9.17) is 0 Å². The molecule has 0 spiro atoms. The van der Waals surface area contributed by atoms with Gasteiger partial charge in [0, 0.05) is 6.20 Å². The maximum absolute atomic E-state index is 11.5. The Balaban J connectivity index is 2.91. The zero-order valence-corrected chi connectivity index (χ0v) is 10.2. The Labute approximate surface area is 87.0 Å². The van der Waals surface area contributed by atoms with Crippen molar-refractivity contribution in [3.63, 3.8) is 0 Å². The summed E-state index contributed by atoms with van der Waals surface area (Å²) in [5.41, 5.74) is -0.0357. The van der Waals surface area contributed by atoms with Crippen LogP contribution in [-0.2, 0) is 9.84 Å². The van der Waals surface area contributed by atoms with E-state index in [1.807, 2.05) is 20.8 Å². The van der Waals surface area contributed by atoms with E-state index < -0.39 is 9.84 Å². The monoisotopic (exact) mass is 265 g/mol. The zero-order chi connectivity index (χ0) is 10.3. The summed E-state index contributed by atoms with van der Waals surface area (Å²) in [6, 6.07) is 0. The first kappa shape index (κ1) is 10.9. The Morgan fingerprint density at radius 2 is 2.00 bits per heavy atom. The van der Waals surface area contributed by atoms with Gasteiger partial charge in [-0.25, -0.2) is 13.4 Å². The fourth-order valence-electron chi connectivity index (χ4n) is 1.03. The molecule has 0 atom stereocenters. The molecule has 0 radical (unpaired) electrons. The molecule has 1 rings (SSSR count). The average molecular weight is 266 g/mol. The minimum atomic E-state index is -3.27. The van der Waals surface area contributed by atoms with Gasteiger partial charge in [0.25, 0.3) is 0 Å². The quantitative estimate of drug-likeness (QED) is 0.731. The molecule has 0 unspecified atom stereocenters. The number of sulfone groups is 1. The van der Waals surface area contributed by atoms with Crippen LogP contribution in [0.4, 0.5) is 0 Å². The number of aliphatic imine (C=N–C) groups is 1. The van der Waals surface area contributed by atoms with Crippen molar-refractivity contribution in [2.24, 2.45) is 10.4 Å². The third-order valence-corrected chi connectivity index (χ3v) is 4.55. The molecule has 0 aromatic heterocycles. The van der Waals surface area contributed by atoms with Crippen molar-refractivity contribution < 1.29 is 8.42 Å². The molecule has 0 fully saturated rings. The molecule has 13 heavy (non-hydrogen) atoms. The molecule has 5 heteroatoms. The first-order valence-electron chi connectivity index (χ1n) is 3.91. The van der Waals surface area contributed by atoms with E-state index in [0.29, 0.717) is 11.3 Å². The van der Waals surface area contributed by atoms with E-state index in [9.17, 15) is 8.42 Å². The molecular formula is C8H12BrNO2S. The van der Waals surface area contributed by atoms with Crippen molar-refractivity contribution in [1.29, 1.82) is 0 Å². The van der Waals surface area contributed by atoms with E-state index in [0.717, 1.165) is 0 Å². The first-order valence-corrected chi connectivity index (χ1v) is 6.18.